The lowest BCUT2D eigenvalue weighted by molar-refractivity contribution is 0.265. The van der Waals surface area contributed by atoms with Crippen molar-refractivity contribution in [2.24, 2.45) is 17.8 Å². The molecule has 0 N–H and O–H groups in total. The van der Waals surface area contributed by atoms with Gasteiger partial charge in [0.05, 0.1) is 0 Å². The first-order valence-electron chi connectivity index (χ1n) is 5.07. The molecule has 2 aliphatic rings. The van der Waals surface area contributed by atoms with E-state index in [0.29, 0.717) is 0 Å². The van der Waals surface area contributed by atoms with E-state index in [0.717, 1.165) is 17.8 Å². The van der Waals surface area contributed by atoms with Crippen LogP contribution in [-0.4, -0.2) is 23.5 Å². The van der Waals surface area contributed by atoms with Crippen LogP contribution in [0.1, 0.15) is 12.8 Å². The lowest BCUT2D eigenvalue weighted by Crippen LogP contribution is -2.24. The van der Waals surface area contributed by atoms with Crippen molar-refractivity contribution in [1.29, 1.82) is 0 Å². The Balaban J connectivity index is 1.86. The fourth-order valence-corrected chi connectivity index (χ4v) is 4.32. The minimum Gasteiger partial charge on any atom is -0.400 e. The number of hydrogen-bond donors (Lipinski definition) is 0. The highest BCUT2D eigenvalue weighted by atomic mass is 28.3. The van der Waals surface area contributed by atoms with Crippen molar-refractivity contribution in [1.82, 2.24) is 0 Å². The highest BCUT2D eigenvalue weighted by molar-refractivity contribution is 6.44. The smallest absolute Gasteiger partial charge is 0.321 e. The zero-order chi connectivity index (χ0) is 9.26. The molecule has 0 aromatic carbocycles. The molecule has 0 heterocycles. The van der Waals surface area contributed by atoms with Crippen LogP contribution in [0.5, 0.6) is 0 Å². The van der Waals surface area contributed by atoms with Crippen LogP contribution in [0.15, 0.2) is 12.2 Å². The highest BCUT2D eigenvalue weighted by Crippen LogP contribution is 2.45. The van der Waals surface area contributed by atoms with Crippen LogP contribution in [-0.2, 0) is 8.85 Å². The third-order valence-corrected chi connectivity index (χ3v) is 5.48. The molecule has 0 aromatic rings. The summed E-state index contributed by atoms with van der Waals surface area (Å²) < 4.78 is 10.7. The summed E-state index contributed by atoms with van der Waals surface area (Å²) in [4.78, 5) is 0. The van der Waals surface area contributed by atoms with Crippen LogP contribution in [0.25, 0.3) is 0 Å². The summed E-state index contributed by atoms with van der Waals surface area (Å²) in [6, 6.07) is 1.19. The number of hydrogen-bond acceptors (Lipinski definition) is 2. The van der Waals surface area contributed by atoms with Gasteiger partial charge in [0.15, 0.2) is 0 Å². The van der Waals surface area contributed by atoms with Crippen LogP contribution in [0, 0.1) is 17.8 Å². The van der Waals surface area contributed by atoms with E-state index in [1.54, 1.807) is 14.2 Å². The Morgan fingerprint density at radius 2 is 2.00 bits per heavy atom. The molecule has 0 aliphatic heterocycles. The standard InChI is InChI=1S/C10H18O2Si/c1-11-13(12-2)7-10-6-8-3-4-9(10)5-8/h3-4,8-10,13H,5-7H2,1-2H3. The summed E-state index contributed by atoms with van der Waals surface area (Å²) in [5.41, 5.74) is 0. The van der Waals surface area contributed by atoms with E-state index in [2.05, 4.69) is 12.2 Å². The van der Waals surface area contributed by atoms with Crippen LogP contribution in [0.3, 0.4) is 0 Å². The summed E-state index contributed by atoms with van der Waals surface area (Å²) in [5, 5.41) is 0. The minimum atomic E-state index is -1.31. The molecular formula is C10H18O2Si. The van der Waals surface area contributed by atoms with Crippen molar-refractivity contribution in [3.05, 3.63) is 12.2 Å². The van der Waals surface area contributed by atoms with Crippen LogP contribution in [0.4, 0.5) is 0 Å². The Morgan fingerprint density at radius 1 is 1.23 bits per heavy atom. The third kappa shape index (κ3) is 1.87. The first-order chi connectivity index (χ1) is 6.33. The summed E-state index contributed by atoms with van der Waals surface area (Å²) in [6.07, 6.45) is 7.55. The monoisotopic (exact) mass is 198 g/mol. The van der Waals surface area contributed by atoms with Gasteiger partial charge in [-0.25, -0.2) is 0 Å². The van der Waals surface area contributed by atoms with Crippen molar-refractivity contribution in [3.8, 4) is 0 Å². The summed E-state index contributed by atoms with van der Waals surface area (Å²) in [7, 11) is 2.25. The molecule has 2 aliphatic carbocycles. The largest absolute Gasteiger partial charge is 0.400 e. The van der Waals surface area contributed by atoms with Crippen LogP contribution < -0.4 is 0 Å². The van der Waals surface area contributed by atoms with Gasteiger partial charge < -0.3 is 8.85 Å². The van der Waals surface area contributed by atoms with E-state index in [1.165, 1.54) is 18.9 Å². The Morgan fingerprint density at radius 3 is 2.46 bits per heavy atom. The molecule has 74 valence electrons. The molecule has 3 atom stereocenters. The van der Waals surface area contributed by atoms with Gasteiger partial charge >= 0.3 is 9.28 Å². The zero-order valence-corrected chi connectivity index (χ0v) is 9.56. The van der Waals surface area contributed by atoms with E-state index in [1.807, 2.05) is 0 Å². The lowest BCUT2D eigenvalue weighted by Gasteiger charge is -2.21. The zero-order valence-electron chi connectivity index (χ0n) is 8.40. The first kappa shape index (κ1) is 9.43. The molecule has 13 heavy (non-hydrogen) atoms. The van der Waals surface area contributed by atoms with E-state index in [-0.39, 0.29) is 0 Å². The van der Waals surface area contributed by atoms with Crippen molar-refractivity contribution >= 4 is 9.28 Å². The van der Waals surface area contributed by atoms with Crippen LogP contribution >= 0.6 is 0 Å². The molecule has 3 heteroatoms. The lowest BCUT2D eigenvalue weighted by atomic mass is 9.96. The predicted octanol–water partition coefficient (Wildman–Crippen LogP) is 1.71. The van der Waals surface area contributed by atoms with Crippen LogP contribution in [0.2, 0.25) is 6.04 Å². The predicted molar refractivity (Wildman–Crippen MR) is 54.8 cm³/mol. The molecule has 1 saturated carbocycles. The molecule has 2 nitrogen and oxygen atoms in total. The van der Waals surface area contributed by atoms with Gasteiger partial charge in [-0.2, -0.15) is 0 Å². The number of fused-ring (bicyclic) bond motifs is 2. The topological polar surface area (TPSA) is 18.5 Å². The minimum absolute atomic E-state index is 0.838. The molecule has 2 bridgehead atoms. The molecule has 2 rings (SSSR count). The molecule has 0 amide bonds. The van der Waals surface area contributed by atoms with Gasteiger partial charge in [0.25, 0.3) is 0 Å². The fraction of sp³-hybridized carbons (Fsp3) is 0.800. The van der Waals surface area contributed by atoms with Gasteiger partial charge in [0.1, 0.15) is 0 Å². The maximum absolute atomic E-state index is 5.36. The maximum Gasteiger partial charge on any atom is 0.321 e. The van der Waals surface area contributed by atoms with Gasteiger partial charge in [0, 0.05) is 14.2 Å². The second-order valence-electron chi connectivity index (χ2n) is 4.18. The van der Waals surface area contributed by atoms with Crippen molar-refractivity contribution in [2.45, 2.75) is 18.9 Å². The average Bonchev–Trinajstić information content (AvgIpc) is 2.75. The van der Waals surface area contributed by atoms with E-state index in [4.69, 9.17) is 8.85 Å². The quantitative estimate of drug-likeness (QED) is 0.506. The van der Waals surface area contributed by atoms with Gasteiger partial charge in [-0.3, -0.25) is 0 Å². The van der Waals surface area contributed by atoms with Gasteiger partial charge in [0.2, 0.25) is 0 Å². The summed E-state index contributed by atoms with van der Waals surface area (Å²) in [6.45, 7) is 0. The van der Waals surface area contributed by atoms with E-state index >= 15 is 0 Å². The Kier molecular flexibility index (Phi) is 2.86. The Bertz CT molecular complexity index is 201. The van der Waals surface area contributed by atoms with Crippen molar-refractivity contribution in [3.63, 3.8) is 0 Å². The highest BCUT2D eigenvalue weighted by Gasteiger charge is 2.37. The average molecular weight is 198 g/mol. The Hall–Kier alpha value is -0.123. The molecule has 0 radical (unpaired) electrons. The van der Waals surface area contributed by atoms with Crippen molar-refractivity contribution in [2.75, 3.05) is 14.2 Å². The number of rotatable bonds is 4. The maximum atomic E-state index is 5.36. The van der Waals surface area contributed by atoms with Gasteiger partial charge in [-0.05, 0) is 36.6 Å². The molecule has 0 spiro atoms. The summed E-state index contributed by atoms with van der Waals surface area (Å²) >= 11 is 0. The molecular weight excluding hydrogens is 180 g/mol. The molecule has 0 aromatic heterocycles. The third-order valence-electron chi connectivity index (χ3n) is 3.44. The van der Waals surface area contributed by atoms with E-state index < -0.39 is 9.28 Å². The SMILES string of the molecule is CO[SiH](CC1CC2C=CC1C2)OC. The van der Waals surface area contributed by atoms with E-state index in [9.17, 15) is 0 Å². The Labute approximate surface area is 81.8 Å². The van der Waals surface area contributed by atoms with Gasteiger partial charge in [-0.1, -0.05) is 12.2 Å². The summed E-state index contributed by atoms with van der Waals surface area (Å²) in [5.74, 6) is 2.57. The van der Waals surface area contributed by atoms with Crippen molar-refractivity contribution < 1.29 is 8.85 Å². The number of allylic oxidation sites excluding steroid dienone is 2. The fourth-order valence-electron chi connectivity index (χ4n) is 2.70. The van der Waals surface area contributed by atoms with Gasteiger partial charge in [-0.15, -0.1) is 0 Å². The second kappa shape index (κ2) is 3.94. The first-order valence-corrected chi connectivity index (χ1v) is 6.83. The normalized spacial score (nSPS) is 36.4. The molecule has 3 unspecified atom stereocenters. The molecule has 1 fully saturated rings. The molecule has 0 saturated heterocycles. The second-order valence-corrected chi connectivity index (χ2v) is 6.45.